The smallest absolute Gasteiger partial charge is 0.236 e. The van der Waals surface area contributed by atoms with Crippen LogP contribution in [0.25, 0.3) is 0 Å². The lowest BCUT2D eigenvalue weighted by molar-refractivity contribution is 0.499. The van der Waals surface area contributed by atoms with Gasteiger partial charge in [0.25, 0.3) is 0 Å². The van der Waals surface area contributed by atoms with Gasteiger partial charge in [-0.15, -0.1) is 0 Å². The molecule has 1 unspecified atom stereocenters. The van der Waals surface area contributed by atoms with Gasteiger partial charge in [0.05, 0.1) is 10.9 Å². The topological polar surface area (TPSA) is 58.2 Å². The molecular formula is C12H17BrN2O2S. The molecule has 100 valence electrons. The van der Waals surface area contributed by atoms with Gasteiger partial charge < -0.3 is 5.32 Å². The van der Waals surface area contributed by atoms with Crippen LogP contribution < -0.4 is 10.0 Å². The van der Waals surface area contributed by atoms with E-state index in [2.05, 4.69) is 26.0 Å². The maximum atomic E-state index is 12.2. The van der Waals surface area contributed by atoms with E-state index in [1.54, 1.807) is 6.07 Å². The summed E-state index contributed by atoms with van der Waals surface area (Å²) in [7, 11) is -3.31. The average Bonchev–Trinajstić information content (AvgIpc) is 2.34. The largest absolute Gasteiger partial charge is 0.315 e. The van der Waals surface area contributed by atoms with Crippen LogP contribution in [-0.4, -0.2) is 26.8 Å². The van der Waals surface area contributed by atoms with Crippen molar-refractivity contribution in [3.05, 3.63) is 28.2 Å². The van der Waals surface area contributed by atoms with E-state index in [0.717, 1.165) is 23.0 Å². The first kappa shape index (κ1) is 13.8. The van der Waals surface area contributed by atoms with Crippen molar-refractivity contribution in [3.63, 3.8) is 0 Å². The minimum Gasteiger partial charge on any atom is -0.315 e. The third-order valence-corrected chi connectivity index (χ3v) is 5.51. The molecule has 1 aliphatic heterocycles. The standard InChI is InChI=1S/C12H17BrN2O2S/c1-9-4-5-12(11(13)7-9)15-18(16,17)10-3-2-6-14-8-10/h4-5,7,10,14-15H,2-3,6,8H2,1H3. The lowest BCUT2D eigenvalue weighted by atomic mass is 10.2. The second kappa shape index (κ2) is 5.59. The van der Waals surface area contributed by atoms with Crippen molar-refractivity contribution in [1.29, 1.82) is 0 Å². The molecule has 2 N–H and O–H groups in total. The summed E-state index contributed by atoms with van der Waals surface area (Å²) < 4.78 is 27.9. The van der Waals surface area contributed by atoms with Crippen molar-refractivity contribution >= 4 is 31.6 Å². The zero-order valence-corrected chi connectivity index (χ0v) is 12.6. The molecule has 0 amide bonds. The molecule has 1 atom stereocenters. The van der Waals surface area contributed by atoms with Crippen LogP contribution in [0.1, 0.15) is 18.4 Å². The molecule has 0 bridgehead atoms. The fourth-order valence-corrected chi connectivity index (χ4v) is 4.21. The molecule has 1 saturated heterocycles. The lowest BCUT2D eigenvalue weighted by Crippen LogP contribution is -2.41. The van der Waals surface area contributed by atoms with Crippen LogP contribution in [0.15, 0.2) is 22.7 Å². The van der Waals surface area contributed by atoms with Gasteiger partial charge in [-0.25, -0.2) is 8.42 Å². The fourth-order valence-electron chi connectivity index (χ4n) is 2.02. The minimum absolute atomic E-state index is 0.348. The lowest BCUT2D eigenvalue weighted by Gasteiger charge is -2.23. The van der Waals surface area contributed by atoms with Crippen LogP contribution in [0, 0.1) is 6.92 Å². The van der Waals surface area contributed by atoms with E-state index in [9.17, 15) is 8.42 Å². The van der Waals surface area contributed by atoms with E-state index in [4.69, 9.17) is 0 Å². The summed E-state index contributed by atoms with van der Waals surface area (Å²) in [5.41, 5.74) is 1.69. The number of nitrogens with one attached hydrogen (secondary N) is 2. The Morgan fingerprint density at radius 3 is 2.83 bits per heavy atom. The number of sulfonamides is 1. The van der Waals surface area contributed by atoms with Crippen molar-refractivity contribution in [2.75, 3.05) is 17.8 Å². The van der Waals surface area contributed by atoms with E-state index in [1.165, 1.54) is 0 Å². The van der Waals surface area contributed by atoms with Crippen LogP contribution in [-0.2, 0) is 10.0 Å². The number of aryl methyl sites for hydroxylation is 1. The highest BCUT2D eigenvalue weighted by Crippen LogP contribution is 2.26. The first-order valence-corrected chi connectivity index (χ1v) is 8.31. The third kappa shape index (κ3) is 3.24. The van der Waals surface area contributed by atoms with Crippen molar-refractivity contribution in [2.24, 2.45) is 0 Å². The Kier molecular flexibility index (Phi) is 4.29. The molecule has 1 fully saturated rings. The van der Waals surface area contributed by atoms with Crippen molar-refractivity contribution < 1.29 is 8.42 Å². The van der Waals surface area contributed by atoms with Crippen LogP contribution >= 0.6 is 15.9 Å². The Morgan fingerprint density at radius 2 is 2.22 bits per heavy atom. The first-order valence-electron chi connectivity index (χ1n) is 5.97. The fraction of sp³-hybridized carbons (Fsp3) is 0.500. The second-order valence-corrected chi connectivity index (χ2v) is 7.41. The zero-order chi connectivity index (χ0) is 13.2. The summed E-state index contributed by atoms with van der Waals surface area (Å²) >= 11 is 3.38. The quantitative estimate of drug-likeness (QED) is 0.892. The van der Waals surface area contributed by atoms with Gasteiger partial charge in [-0.2, -0.15) is 0 Å². The molecule has 1 aromatic carbocycles. The number of rotatable bonds is 3. The Balaban J connectivity index is 2.16. The molecule has 0 saturated carbocycles. The highest BCUT2D eigenvalue weighted by atomic mass is 79.9. The summed E-state index contributed by atoms with van der Waals surface area (Å²) in [6.45, 7) is 3.40. The molecule has 1 aromatic rings. The SMILES string of the molecule is Cc1ccc(NS(=O)(=O)C2CCCNC2)c(Br)c1. The van der Waals surface area contributed by atoms with Crippen LogP contribution in [0.5, 0.6) is 0 Å². The normalized spacial score (nSPS) is 20.7. The van der Waals surface area contributed by atoms with Gasteiger partial charge >= 0.3 is 0 Å². The highest BCUT2D eigenvalue weighted by molar-refractivity contribution is 9.10. The van der Waals surface area contributed by atoms with Crippen molar-refractivity contribution in [1.82, 2.24) is 5.32 Å². The molecule has 0 radical (unpaired) electrons. The second-order valence-electron chi connectivity index (χ2n) is 4.60. The Labute approximate surface area is 116 Å². The summed E-state index contributed by atoms with van der Waals surface area (Å²) in [5, 5.41) is 2.77. The Hall–Kier alpha value is -0.590. The molecule has 0 spiro atoms. The van der Waals surface area contributed by atoms with Gasteiger partial charge in [-0.05, 0) is 59.9 Å². The molecular weight excluding hydrogens is 316 g/mol. The zero-order valence-electron chi connectivity index (χ0n) is 10.2. The first-order chi connectivity index (χ1) is 8.49. The number of halogens is 1. The van der Waals surface area contributed by atoms with Gasteiger partial charge in [0.2, 0.25) is 10.0 Å². The van der Waals surface area contributed by atoms with Crippen LogP contribution in [0.2, 0.25) is 0 Å². The van der Waals surface area contributed by atoms with Crippen molar-refractivity contribution in [2.45, 2.75) is 25.0 Å². The molecule has 1 heterocycles. The number of hydrogen-bond acceptors (Lipinski definition) is 3. The Bertz CT molecular complexity index is 525. The molecule has 0 aromatic heterocycles. The molecule has 4 nitrogen and oxygen atoms in total. The molecule has 6 heteroatoms. The van der Waals surface area contributed by atoms with E-state index in [-0.39, 0.29) is 5.25 Å². The van der Waals surface area contributed by atoms with Gasteiger partial charge in [-0.3, -0.25) is 4.72 Å². The maximum Gasteiger partial charge on any atom is 0.236 e. The van der Waals surface area contributed by atoms with Crippen molar-refractivity contribution in [3.8, 4) is 0 Å². The number of anilines is 1. The summed E-state index contributed by atoms with van der Waals surface area (Å²) in [4.78, 5) is 0. The number of benzene rings is 1. The summed E-state index contributed by atoms with van der Waals surface area (Å²) in [6, 6.07) is 5.58. The predicted octanol–water partition coefficient (Wildman–Crippen LogP) is 2.25. The monoisotopic (exact) mass is 332 g/mol. The molecule has 18 heavy (non-hydrogen) atoms. The summed E-state index contributed by atoms with van der Waals surface area (Å²) in [6.07, 6.45) is 1.62. The van der Waals surface area contributed by atoms with E-state index in [0.29, 0.717) is 18.7 Å². The van der Waals surface area contributed by atoms with Gasteiger partial charge in [-0.1, -0.05) is 6.07 Å². The van der Waals surface area contributed by atoms with E-state index < -0.39 is 10.0 Å². The molecule has 2 rings (SSSR count). The molecule has 1 aliphatic rings. The van der Waals surface area contributed by atoms with E-state index >= 15 is 0 Å². The maximum absolute atomic E-state index is 12.2. The minimum atomic E-state index is -3.31. The number of piperidine rings is 1. The van der Waals surface area contributed by atoms with Gasteiger partial charge in [0.1, 0.15) is 0 Å². The molecule has 0 aliphatic carbocycles. The van der Waals surface area contributed by atoms with E-state index in [1.807, 2.05) is 19.1 Å². The van der Waals surface area contributed by atoms with Gasteiger partial charge in [0.15, 0.2) is 0 Å². The third-order valence-electron chi connectivity index (χ3n) is 3.07. The predicted molar refractivity (Wildman–Crippen MR) is 77.3 cm³/mol. The average molecular weight is 333 g/mol. The summed E-state index contributed by atoms with van der Waals surface area (Å²) in [5.74, 6) is 0. The van der Waals surface area contributed by atoms with Crippen LogP contribution in [0.4, 0.5) is 5.69 Å². The Morgan fingerprint density at radius 1 is 1.44 bits per heavy atom. The van der Waals surface area contributed by atoms with Gasteiger partial charge in [0, 0.05) is 11.0 Å². The van der Waals surface area contributed by atoms with Crippen LogP contribution in [0.3, 0.4) is 0 Å². The highest BCUT2D eigenvalue weighted by Gasteiger charge is 2.27. The number of hydrogen-bond donors (Lipinski definition) is 2.